The van der Waals surface area contributed by atoms with E-state index >= 15 is 0 Å². The van der Waals surface area contributed by atoms with Crippen LogP contribution >= 0.6 is 12.4 Å². The van der Waals surface area contributed by atoms with E-state index in [1.807, 2.05) is 6.92 Å². The maximum absolute atomic E-state index is 11.1. The van der Waals surface area contributed by atoms with Crippen molar-refractivity contribution in [3.05, 3.63) is 0 Å². The van der Waals surface area contributed by atoms with Crippen molar-refractivity contribution in [1.82, 2.24) is 0 Å². The van der Waals surface area contributed by atoms with Crippen LogP contribution in [-0.4, -0.2) is 31.3 Å². The molecule has 5 heteroatoms. The Balaban J connectivity index is 0.00000196. The number of hydrogen-bond donors (Lipinski definition) is 1. The summed E-state index contributed by atoms with van der Waals surface area (Å²) in [5, 5.41) is 0. The standard InChI is InChI=1S/C10H19NO3.ClH/c1-2-14-9(12)3-4-10(11)5-7-13-8-6-10;/h2-8,11H2,1H3;1H. The quantitative estimate of drug-likeness (QED) is 0.748. The number of rotatable bonds is 4. The molecule has 0 saturated carbocycles. The van der Waals surface area contributed by atoms with Crippen LogP contribution in [0.5, 0.6) is 0 Å². The molecular weight excluding hydrogens is 218 g/mol. The Morgan fingerprint density at radius 1 is 1.47 bits per heavy atom. The number of carbonyl (C=O) groups excluding carboxylic acids is 1. The van der Waals surface area contributed by atoms with Crippen LogP contribution in [0.3, 0.4) is 0 Å². The molecule has 1 rings (SSSR count). The molecule has 0 aromatic heterocycles. The number of halogens is 1. The van der Waals surface area contributed by atoms with Crippen LogP contribution in [0.2, 0.25) is 0 Å². The molecule has 0 aromatic carbocycles. The van der Waals surface area contributed by atoms with Crippen LogP contribution in [0.15, 0.2) is 0 Å². The normalized spacial score (nSPS) is 19.1. The van der Waals surface area contributed by atoms with Gasteiger partial charge < -0.3 is 15.2 Å². The van der Waals surface area contributed by atoms with Gasteiger partial charge in [0, 0.05) is 25.2 Å². The summed E-state index contributed by atoms with van der Waals surface area (Å²) < 4.78 is 10.1. The monoisotopic (exact) mass is 237 g/mol. The first-order valence-electron chi connectivity index (χ1n) is 5.18. The number of hydrogen-bond acceptors (Lipinski definition) is 4. The summed E-state index contributed by atoms with van der Waals surface area (Å²) in [6, 6.07) is 0. The predicted molar refractivity (Wildman–Crippen MR) is 60.1 cm³/mol. The van der Waals surface area contributed by atoms with Crippen LogP contribution in [0.4, 0.5) is 0 Å². The zero-order valence-electron chi connectivity index (χ0n) is 9.16. The fourth-order valence-corrected chi connectivity index (χ4v) is 1.61. The summed E-state index contributed by atoms with van der Waals surface area (Å²) in [6.07, 6.45) is 2.80. The van der Waals surface area contributed by atoms with Gasteiger partial charge in [0.15, 0.2) is 0 Å². The van der Waals surface area contributed by atoms with Crippen LogP contribution in [-0.2, 0) is 14.3 Å². The number of nitrogens with two attached hydrogens (primary N) is 1. The highest BCUT2D eigenvalue weighted by Crippen LogP contribution is 2.22. The summed E-state index contributed by atoms with van der Waals surface area (Å²) in [5.41, 5.74) is 5.90. The lowest BCUT2D eigenvalue weighted by Crippen LogP contribution is -2.45. The van der Waals surface area contributed by atoms with Crippen molar-refractivity contribution in [3.8, 4) is 0 Å². The highest BCUT2D eigenvalue weighted by molar-refractivity contribution is 5.85. The van der Waals surface area contributed by atoms with Gasteiger partial charge >= 0.3 is 5.97 Å². The SMILES string of the molecule is CCOC(=O)CCC1(N)CCOCC1.Cl. The molecule has 0 amide bonds. The third-order valence-electron chi connectivity index (χ3n) is 2.62. The number of carbonyl (C=O) groups is 1. The lowest BCUT2D eigenvalue weighted by Gasteiger charge is -2.33. The Labute approximate surface area is 96.9 Å². The molecule has 0 unspecified atom stereocenters. The largest absolute Gasteiger partial charge is 0.466 e. The summed E-state index contributed by atoms with van der Waals surface area (Å²) in [4.78, 5) is 11.1. The smallest absolute Gasteiger partial charge is 0.305 e. The molecule has 1 aliphatic heterocycles. The Bertz CT molecular complexity index is 193. The minimum absolute atomic E-state index is 0. The maximum atomic E-state index is 11.1. The Kier molecular flexibility index (Phi) is 6.89. The third kappa shape index (κ3) is 5.35. The van der Waals surface area contributed by atoms with E-state index in [-0.39, 0.29) is 23.9 Å². The minimum atomic E-state index is -0.217. The maximum Gasteiger partial charge on any atom is 0.305 e. The molecule has 2 N–H and O–H groups in total. The van der Waals surface area contributed by atoms with Crippen molar-refractivity contribution in [3.63, 3.8) is 0 Å². The first-order chi connectivity index (χ1) is 6.66. The van der Waals surface area contributed by atoms with E-state index in [1.54, 1.807) is 0 Å². The predicted octanol–water partition coefficient (Wildman–Crippen LogP) is 1.26. The highest BCUT2D eigenvalue weighted by atomic mass is 35.5. The third-order valence-corrected chi connectivity index (χ3v) is 2.62. The average Bonchev–Trinajstić information content (AvgIpc) is 2.17. The van der Waals surface area contributed by atoms with Gasteiger partial charge in [0.25, 0.3) is 0 Å². The average molecular weight is 238 g/mol. The number of esters is 1. The van der Waals surface area contributed by atoms with Crippen molar-refractivity contribution >= 4 is 18.4 Å². The summed E-state index contributed by atoms with van der Waals surface area (Å²) >= 11 is 0. The lowest BCUT2D eigenvalue weighted by atomic mass is 9.87. The molecule has 1 saturated heterocycles. The Morgan fingerprint density at radius 3 is 2.60 bits per heavy atom. The van der Waals surface area contributed by atoms with Gasteiger partial charge in [0.1, 0.15) is 0 Å². The fraction of sp³-hybridized carbons (Fsp3) is 0.900. The second-order valence-corrected chi connectivity index (χ2v) is 3.78. The van der Waals surface area contributed by atoms with E-state index < -0.39 is 0 Å². The second-order valence-electron chi connectivity index (χ2n) is 3.78. The molecule has 0 aliphatic carbocycles. The van der Waals surface area contributed by atoms with Gasteiger partial charge in [-0.05, 0) is 26.2 Å². The van der Waals surface area contributed by atoms with Crippen molar-refractivity contribution < 1.29 is 14.3 Å². The molecule has 0 atom stereocenters. The van der Waals surface area contributed by atoms with Crippen LogP contribution in [0.1, 0.15) is 32.6 Å². The molecule has 15 heavy (non-hydrogen) atoms. The second kappa shape index (κ2) is 7.04. The van der Waals surface area contributed by atoms with Crippen molar-refractivity contribution in [2.24, 2.45) is 5.73 Å². The van der Waals surface area contributed by atoms with Gasteiger partial charge in [-0.1, -0.05) is 0 Å². The van der Waals surface area contributed by atoms with Crippen LogP contribution in [0, 0.1) is 0 Å². The molecule has 1 fully saturated rings. The molecule has 1 aliphatic rings. The minimum Gasteiger partial charge on any atom is -0.466 e. The molecule has 0 radical (unpaired) electrons. The van der Waals surface area contributed by atoms with Gasteiger partial charge in [-0.15, -0.1) is 12.4 Å². The molecule has 4 nitrogen and oxygen atoms in total. The fourth-order valence-electron chi connectivity index (χ4n) is 1.61. The lowest BCUT2D eigenvalue weighted by molar-refractivity contribution is -0.143. The van der Waals surface area contributed by atoms with Gasteiger partial charge in [-0.3, -0.25) is 4.79 Å². The summed E-state index contributed by atoms with van der Waals surface area (Å²) in [5.74, 6) is -0.149. The molecule has 0 bridgehead atoms. The van der Waals surface area contributed by atoms with Gasteiger partial charge in [0.2, 0.25) is 0 Å². The summed E-state index contributed by atoms with van der Waals surface area (Å²) in [7, 11) is 0. The zero-order valence-corrected chi connectivity index (χ0v) is 9.98. The van der Waals surface area contributed by atoms with Crippen LogP contribution < -0.4 is 5.73 Å². The molecule has 0 aromatic rings. The van der Waals surface area contributed by atoms with Crippen molar-refractivity contribution in [2.45, 2.75) is 38.1 Å². The molecule has 1 heterocycles. The first-order valence-corrected chi connectivity index (χ1v) is 5.18. The molecular formula is C10H20ClNO3. The van der Waals surface area contributed by atoms with Crippen molar-refractivity contribution in [1.29, 1.82) is 0 Å². The first kappa shape index (κ1) is 14.7. The van der Waals surface area contributed by atoms with E-state index in [1.165, 1.54) is 0 Å². The van der Waals surface area contributed by atoms with E-state index in [0.717, 1.165) is 12.8 Å². The highest BCUT2D eigenvalue weighted by Gasteiger charge is 2.28. The Morgan fingerprint density at radius 2 is 2.07 bits per heavy atom. The Hall–Kier alpha value is -0.320. The van der Waals surface area contributed by atoms with Crippen molar-refractivity contribution in [2.75, 3.05) is 19.8 Å². The van der Waals surface area contributed by atoms with E-state index in [2.05, 4.69) is 0 Å². The van der Waals surface area contributed by atoms with Gasteiger partial charge in [-0.2, -0.15) is 0 Å². The van der Waals surface area contributed by atoms with E-state index in [9.17, 15) is 4.79 Å². The van der Waals surface area contributed by atoms with Gasteiger partial charge in [-0.25, -0.2) is 0 Å². The van der Waals surface area contributed by atoms with E-state index in [0.29, 0.717) is 32.7 Å². The van der Waals surface area contributed by atoms with Crippen LogP contribution in [0.25, 0.3) is 0 Å². The summed E-state index contributed by atoms with van der Waals surface area (Å²) in [6.45, 7) is 3.67. The molecule has 90 valence electrons. The zero-order chi connectivity index (χ0) is 10.4. The number of ether oxygens (including phenoxy) is 2. The van der Waals surface area contributed by atoms with Gasteiger partial charge in [0.05, 0.1) is 6.61 Å². The topological polar surface area (TPSA) is 61.5 Å². The molecule has 0 spiro atoms. The van der Waals surface area contributed by atoms with E-state index in [4.69, 9.17) is 15.2 Å².